The van der Waals surface area contributed by atoms with Crippen molar-refractivity contribution in [1.82, 2.24) is 9.80 Å². The Kier molecular flexibility index (Phi) is 8.93. The summed E-state index contributed by atoms with van der Waals surface area (Å²) in [5.74, 6) is 0.300. The number of nitrogens with two attached hydrogens (primary N) is 1. The maximum absolute atomic E-state index is 12.5. The number of carbonyl (C=O) groups is 1. The SMILES string of the molecule is CCCCN(CCCC)C(=O)CN(C)C1CCC(N)CC1. The lowest BCUT2D eigenvalue weighted by molar-refractivity contribution is -0.133. The van der Waals surface area contributed by atoms with Crippen LogP contribution < -0.4 is 5.73 Å². The first-order chi connectivity index (χ1) is 10.1. The highest BCUT2D eigenvalue weighted by Gasteiger charge is 2.24. The molecule has 2 N–H and O–H groups in total. The minimum Gasteiger partial charge on any atom is -0.342 e. The van der Waals surface area contributed by atoms with Crippen molar-refractivity contribution in [3.05, 3.63) is 0 Å². The maximum atomic E-state index is 12.5. The topological polar surface area (TPSA) is 49.6 Å². The molecule has 0 bridgehead atoms. The van der Waals surface area contributed by atoms with Gasteiger partial charge >= 0.3 is 0 Å². The standard InChI is InChI=1S/C17H35N3O/c1-4-6-12-20(13-7-5-2)17(21)14-19(3)16-10-8-15(18)9-11-16/h15-16H,4-14,18H2,1-3H3. The summed E-state index contributed by atoms with van der Waals surface area (Å²) < 4.78 is 0. The molecule has 4 heteroatoms. The molecule has 1 rings (SSSR count). The molecular formula is C17H35N3O. The van der Waals surface area contributed by atoms with E-state index in [-0.39, 0.29) is 0 Å². The Bertz CT molecular complexity index is 280. The van der Waals surface area contributed by atoms with Crippen molar-refractivity contribution in [2.75, 3.05) is 26.7 Å². The third-order valence-corrected chi connectivity index (χ3v) is 4.67. The molecule has 0 aromatic rings. The summed E-state index contributed by atoms with van der Waals surface area (Å²) in [4.78, 5) is 16.8. The van der Waals surface area contributed by atoms with Gasteiger partial charge in [-0.3, -0.25) is 9.69 Å². The van der Waals surface area contributed by atoms with Crippen LogP contribution in [0.15, 0.2) is 0 Å². The Morgan fingerprint density at radius 3 is 2.05 bits per heavy atom. The van der Waals surface area contributed by atoms with Gasteiger partial charge in [-0.25, -0.2) is 0 Å². The zero-order chi connectivity index (χ0) is 15.7. The molecule has 1 fully saturated rings. The van der Waals surface area contributed by atoms with Crippen LogP contribution in [0.2, 0.25) is 0 Å². The molecular weight excluding hydrogens is 262 g/mol. The highest BCUT2D eigenvalue weighted by Crippen LogP contribution is 2.21. The van der Waals surface area contributed by atoms with Crippen molar-refractivity contribution in [1.29, 1.82) is 0 Å². The zero-order valence-electron chi connectivity index (χ0n) is 14.3. The number of amides is 1. The second-order valence-corrected chi connectivity index (χ2v) is 6.57. The lowest BCUT2D eigenvalue weighted by Crippen LogP contribution is -2.45. The van der Waals surface area contributed by atoms with E-state index in [1.165, 1.54) is 0 Å². The van der Waals surface area contributed by atoms with E-state index in [0.717, 1.165) is 64.5 Å². The van der Waals surface area contributed by atoms with Crippen LogP contribution in [-0.2, 0) is 4.79 Å². The van der Waals surface area contributed by atoms with E-state index in [2.05, 4.69) is 30.7 Å². The Balaban J connectivity index is 2.42. The highest BCUT2D eigenvalue weighted by atomic mass is 16.2. The van der Waals surface area contributed by atoms with Gasteiger partial charge in [0.15, 0.2) is 0 Å². The third kappa shape index (κ3) is 6.79. The summed E-state index contributed by atoms with van der Waals surface area (Å²) in [7, 11) is 2.09. The molecule has 0 spiro atoms. The molecule has 0 unspecified atom stereocenters. The summed E-state index contributed by atoms with van der Waals surface area (Å²) in [6.45, 7) is 6.75. The molecule has 0 atom stereocenters. The maximum Gasteiger partial charge on any atom is 0.236 e. The van der Waals surface area contributed by atoms with Gasteiger partial charge in [-0.2, -0.15) is 0 Å². The van der Waals surface area contributed by atoms with Crippen LogP contribution in [-0.4, -0.2) is 54.5 Å². The first-order valence-corrected chi connectivity index (χ1v) is 8.82. The van der Waals surface area contributed by atoms with Gasteiger partial charge in [-0.1, -0.05) is 26.7 Å². The summed E-state index contributed by atoms with van der Waals surface area (Å²) in [5, 5.41) is 0. The fraction of sp³-hybridized carbons (Fsp3) is 0.941. The molecule has 0 aromatic heterocycles. The van der Waals surface area contributed by atoms with Gasteiger partial charge in [0.2, 0.25) is 5.91 Å². The van der Waals surface area contributed by atoms with Gasteiger partial charge in [0.1, 0.15) is 0 Å². The van der Waals surface area contributed by atoms with Crippen LogP contribution >= 0.6 is 0 Å². The number of hydrogen-bond donors (Lipinski definition) is 1. The first-order valence-electron chi connectivity index (χ1n) is 8.82. The van der Waals surface area contributed by atoms with Gasteiger partial charge in [-0.05, 0) is 45.6 Å². The zero-order valence-corrected chi connectivity index (χ0v) is 14.3. The first kappa shape index (κ1) is 18.4. The van der Waals surface area contributed by atoms with Gasteiger partial charge in [-0.15, -0.1) is 0 Å². The van der Waals surface area contributed by atoms with Gasteiger partial charge in [0, 0.05) is 25.2 Å². The molecule has 1 amide bonds. The van der Waals surface area contributed by atoms with Crippen LogP contribution in [0, 0.1) is 0 Å². The summed E-state index contributed by atoms with van der Waals surface area (Å²) in [6, 6.07) is 0.906. The number of carbonyl (C=O) groups excluding carboxylic acids is 1. The smallest absolute Gasteiger partial charge is 0.236 e. The van der Waals surface area contributed by atoms with E-state index < -0.39 is 0 Å². The van der Waals surface area contributed by atoms with Crippen molar-refractivity contribution in [2.24, 2.45) is 5.73 Å². The fourth-order valence-electron chi connectivity index (χ4n) is 3.04. The molecule has 1 aliphatic rings. The average molecular weight is 297 g/mol. The molecule has 21 heavy (non-hydrogen) atoms. The lowest BCUT2D eigenvalue weighted by atomic mass is 9.91. The minimum atomic E-state index is 0.300. The number of unbranched alkanes of at least 4 members (excludes halogenated alkanes) is 2. The molecule has 1 aliphatic carbocycles. The van der Waals surface area contributed by atoms with Gasteiger partial charge < -0.3 is 10.6 Å². The summed E-state index contributed by atoms with van der Waals surface area (Å²) >= 11 is 0. The van der Waals surface area contributed by atoms with Crippen LogP contribution in [0.4, 0.5) is 0 Å². The average Bonchev–Trinajstić information content (AvgIpc) is 2.47. The second kappa shape index (κ2) is 10.2. The van der Waals surface area contributed by atoms with E-state index in [1.807, 2.05) is 0 Å². The number of likely N-dealkylation sites (N-methyl/N-ethyl adjacent to an activating group) is 1. The molecule has 4 nitrogen and oxygen atoms in total. The number of rotatable bonds is 9. The van der Waals surface area contributed by atoms with Crippen LogP contribution in [0.1, 0.15) is 65.2 Å². The molecule has 1 saturated carbocycles. The Morgan fingerprint density at radius 2 is 1.57 bits per heavy atom. The second-order valence-electron chi connectivity index (χ2n) is 6.57. The predicted octanol–water partition coefficient (Wildman–Crippen LogP) is 2.62. The normalized spacial score (nSPS) is 22.5. The number of hydrogen-bond acceptors (Lipinski definition) is 3. The Hall–Kier alpha value is -0.610. The molecule has 0 aliphatic heterocycles. The van der Waals surface area contributed by atoms with Gasteiger partial charge in [0.25, 0.3) is 0 Å². The van der Waals surface area contributed by atoms with Crippen molar-refractivity contribution < 1.29 is 4.79 Å². The fourth-order valence-corrected chi connectivity index (χ4v) is 3.04. The molecule has 0 aromatic carbocycles. The molecule has 0 radical (unpaired) electrons. The number of nitrogens with zero attached hydrogens (tertiary/aromatic N) is 2. The van der Waals surface area contributed by atoms with E-state index in [9.17, 15) is 4.79 Å². The van der Waals surface area contributed by atoms with Crippen LogP contribution in [0.25, 0.3) is 0 Å². The van der Waals surface area contributed by atoms with Crippen molar-refractivity contribution >= 4 is 5.91 Å². The molecule has 124 valence electrons. The van der Waals surface area contributed by atoms with Crippen molar-refractivity contribution in [3.63, 3.8) is 0 Å². The van der Waals surface area contributed by atoms with Crippen LogP contribution in [0.3, 0.4) is 0 Å². The largest absolute Gasteiger partial charge is 0.342 e. The quantitative estimate of drug-likeness (QED) is 0.712. The molecule has 0 heterocycles. The van der Waals surface area contributed by atoms with E-state index >= 15 is 0 Å². The van der Waals surface area contributed by atoms with E-state index in [1.54, 1.807) is 0 Å². The highest BCUT2D eigenvalue weighted by molar-refractivity contribution is 5.78. The van der Waals surface area contributed by atoms with Crippen molar-refractivity contribution in [2.45, 2.75) is 77.3 Å². The van der Waals surface area contributed by atoms with Crippen LogP contribution in [0.5, 0.6) is 0 Å². The summed E-state index contributed by atoms with van der Waals surface area (Å²) in [6.07, 6.45) is 8.97. The van der Waals surface area contributed by atoms with E-state index in [4.69, 9.17) is 5.73 Å². The minimum absolute atomic E-state index is 0.300. The Labute approximate surface area is 131 Å². The monoisotopic (exact) mass is 297 g/mol. The predicted molar refractivity (Wildman–Crippen MR) is 89.3 cm³/mol. The Morgan fingerprint density at radius 1 is 1.05 bits per heavy atom. The molecule has 0 saturated heterocycles. The lowest BCUT2D eigenvalue weighted by Gasteiger charge is -2.34. The third-order valence-electron chi connectivity index (χ3n) is 4.67. The van der Waals surface area contributed by atoms with E-state index in [0.29, 0.717) is 24.5 Å². The van der Waals surface area contributed by atoms with Gasteiger partial charge in [0.05, 0.1) is 6.54 Å². The summed E-state index contributed by atoms with van der Waals surface area (Å²) in [5.41, 5.74) is 5.96. The van der Waals surface area contributed by atoms with Crippen molar-refractivity contribution in [3.8, 4) is 0 Å².